The van der Waals surface area contributed by atoms with Crippen molar-refractivity contribution in [2.75, 3.05) is 0 Å². The van der Waals surface area contributed by atoms with Crippen LogP contribution in [0.1, 0.15) is 16.7 Å². The van der Waals surface area contributed by atoms with Gasteiger partial charge in [0.25, 0.3) is 11.1 Å². The van der Waals surface area contributed by atoms with Gasteiger partial charge in [-0.25, -0.2) is 0 Å². The smallest absolute Gasteiger partial charge is 0.339 e. The Morgan fingerprint density at radius 2 is 1.64 bits per heavy atom. The van der Waals surface area contributed by atoms with Gasteiger partial charge in [0.15, 0.2) is 0 Å². The Labute approximate surface area is 204 Å². The van der Waals surface area contributed by atoms with Crippen molar-refractivity contribution in [1.29, 1.82) is 0 Å². The fourth-order valence-electron chi connectivity index (χ4n) is 3.12. The van der Waals surface area contributed by atoms with E-state index in [-0.39, 0.29) is 22.1 Å². The van der Waals surface area contributed by atoms with Crippen LogP contribution in [0, 0.1) is 6.92 Å². The lowest BCUT2D eigenvalue weighted by Gasteiger charge is -2.13. The SMILES string of the molecule is Cc1ccc(S(=O)(=O)Oc2ccccc2/C=C2\SC(=O)N(Cc3ccccc3Br)C2=O)cc1. The van der Waals surface area contributed by atoms with Gasteiger partial charge in [0.05, 0.1) is 11.4 Å². The van der Waals surface area contributed by atoms with Crippen LogP contribution in [0.25, 0.3) is 6.08 Å². The molecule has 1 heterocycles. The van der Waals surface area contributed by atoms with Gasteiger partial charge in [0.1, 0.15) is 10.6 Å². The molecule has 1 fully saturated rings. The predicted molar refractivity (Wildman–Crippen MR) is 131 cm³/mol. The summed E-state index contributed by atoms with van der Waals surface area (Å²) in [6.07, 6.45) is 1.48. The summed E-state index contributed by atoms with van der Waals surface area (Å²) in [6, 6.07) is 20.1. The van der Waals surface area contributed by atoms with E-state index in [0.717, 1.165) is 32.3 Å². The van der Waals surface area contributed by atoms with Gasteiger partial charge in [-0.1, -0.05) is 70.0 Å². The van der Waals surface area contributed by atoms with Gasteiger partial charge in [0, 0.05) is 10.0 Å². The molecule has 0 bridgehead atoms. The first-order valence-corrected chi connectivity index (χ1v) is 12.9. The molecule has 6 nitrogen and oxygen atoms in total. The number of halogens is 1. The number of rotatable bonds is 6. The third kappa shape index (κ3) is 5.21. The van der Waals surface area contributed by atoms with Gasteiger partial charge in [-0.2, -0.15) is 8.42 Å². The molecule has 9 heteroatoms. The molecule has 0 unspecified atom stereocenters. The topological polar surface area (TPSA) is 80.8 Å². The lowest BCUT2D eigenvalue weighted by atomic mass is 10.2. The van der Waals surface area contributed by atoms with Crippen LogP contribution in [0.5, 0.6) is 5.75 Å². The van der Waals surface area contributed by atoms with Crippen LogP contribution in [-0.4, -0.2) is 24.5 Å². The number of benzene rings is 3. The third-order valence-electron chi connectivity index (χ3n) is 4.87. The summed E-state index contributed by atoms with van der Waals surface area (Å²) in [5, 5.41) is -0.396. The second-order valence-corrected chi connectivity index (χ2v) is 10.6. The number of carbonyl (C=O) groups is 2. The summed E-state index contributed by atoms with van der Waals surface area (Å²) in [5.41, 5.74) is 2.10. The van der Waals surface area contributed by atoms with Crippen molar-refractivity contribution in [2.24, 2.45) is 0 Å². The molecule has 33 heavy (non-hydrogen) atoms. The van der Waals surface area contributed by atoms with Crippen molar-refractivity contribution in [2.45, 2.75) is 18.4 Å². The fourth-order valence-corrected chi connectivity index (χ4v) is 5.31. The summed E-state index contributed by atoms with van der Waals surface area (Å²) in [5.74, 6) is -0.382. The van der Waals surface area contributed by atoms with Crippen molar-refractivity contribution in [3.05, 3.63) is 98.9 Å². The summed E-state index contributed by atoms with van der Waals surface area (Å²) >= 11 is 4.23. The number of carbonyl (C=O) groups excluding carboxylic acids is 2. The molecular weight excluding hydrogens is 526 g/mol. The van der Waals surface area contributed by atoms with Crippen LogP contribution in [-0.2, 0) is 21.5 Å². The van der Waals surface area contributed by atoms with E-state index in [1.165, 1.54) is 24.3 Å². The van der Waals surface area contributed by atoms with Crippen molar-refractivity contribution < 1.29 is 22.2 Å². The molecule has 0 aromatic heterocycles. The Hall–Kier alpha value is -2.88. The monoisotopic (exact) mass is 543 g/mol. The maximum atomic E-state index is 12.9. The minimum atomic E-state index is -4.07. The standard InChI is InChI=1S/C24H18BrNO5S2/c1-16-10-12-19(13-11-16)33(29,30)31-21-9-5-3-6-17(21)14-22-23(27)26(24(28)32-22)15-18-7-2-4-8-20(18)25/h2-14H,15H2,1H3/b22-14-. The van der Waals surface area contributed by atoms with Crippen molar-refractivity contribution in [3.8, 4) is 5.75 Å². The second-order valence-electron chi connectivity index (χ2n) is 7.25. The second kappa shape index (κ2) is 9.54. The Bertz CT molecular complexity index is 1370. The molecule has 168 valence electrons. The molecule has 1 aliphatic heterocycles. The summed E-state index contributed by atoms with van der Waals surface area (Å²) in [4.78, 5) is 26.8. The lowest BCUT2D eigenvalue weighted by molar-refractivity contribution is -0.123. The molecule has 0 aliphatic carbocycles. The van der Waals surface area contributed by atoms with E-state index in [2.05, 4.69) is 15.9 Å². The number of nitrogens with zero attached hydrogens (tertiary/aromatic N) is 1. The Kier molecular flexibility index (Phi) is 6.73. The van der Waals surface area contributed by atoms with Gasteiger partial charge >= 0.3 is 10.1 Å². The predicted octanol–water partition coefficient (Wildman–Crippen LogP) is 5.76. The maximum Gasteiger partial charge on any atom is 0.339 e. The van der Waals surface area contributed by atoms with Crippen LogP contribution in [0.15, 0.2) is 87.1 Å². The average molecular weight is 544 g/mol. The van der Waals surface area contributed by atoms with Crippen molar-refractivity contribution >= 4 is 55.0 Å². The van der Waals surface area contributed by atoms with E-state index < -0.39 is 21.3 Å². The highest BCUT2D eigenvalue weighted by Gasteiger charge is 2.35. The minimum absolute atomic E-state index is 0.0247. The molecule has 4 rings (SSSR count). The molecule has 0 atom stereocenters. The fraction of sp³-hybridized carbons (Fsp3) is 0.0833. The number of imide groups is 1. The molecule has 1 saturated heterocycles. The Morgan fingerprint density at radius 3 is 2.36 bits per heavy atom. The zero-order valence-corrected chi connectivity index (χ0v) is 20.6. The van der Waals surface area contributed by atoms with Gasteiger partial charge < -0.3 is 4.18 Å². The number of para-hydroxylation sites is 1. The molecule has 0 saturated carbocycles. The highest BCUT2D eigenvalue weighted by atomic mass is 79.9. The molecule has 0 radical (unpaired) electrons. The first-order chi connectivity index (χ1) is 15.7. The number of hydrogen-bond acceptors (Lipinski definition) is 6. The molecule has 0 spiro atoms. The van der Waals surface area contributed by atoms with Crippen LogP contribution in [0.4, 0.5) is 4.79 Å². The summed E-state index contributed by atoms with van der Waals surface area (Å²) in [6.45, 7) is 1.99. The van der Waals surface area contributed by atoms with E-state index in [0.29, 0.717) is 5.56 Å². The summed E-state index contributed by atoms with van der Waals surface area (Å²) < 4.78 is 31.6. The van der Waals surface area contributed by atoms with E-state index in [4.69, 9.17) is 4.18 Å². The average Bonchev–Trinajstić information content (AvgIpc) is 3.04. The zero-order chi connectivity index (χ0) is 23.6. The van der Waals surface area contributed by atoms with Gasteiger partial charge in [-0.05, 0) is 54.6 Å². The zero-order valence-electron chi connectivity index (χ0n) is 17.4. The van der Waals surface area contributed by atoms with Crippen LogP contribution in [0.3, 0.4) is 0 Å². The molecule has 1 aliphatic rings. The van der Waals surface area contributed by atoms with Crippen LogP contribution < -0.4 is 4.18 Å². The largest absolute Gasteiger partial charge is 0.378 e. The van der Waals surface area contributed by atoms with Crippen molar-refractivity contribution in [3.63, 3.8) is 0 Å². The molecule has 2 amide bonds. The highest BCUT2D eigenvalue weighted by Crippen LogP contribution is 2.36. The van der Waals surface area contributed by atoms with Gasteiger partial charge in [-0.15, -0.1) is 0 Å². The quantitative estimate of drug-likeness (QED) is 0.290. The number of amides is 2. The number of hydrogen-bond donors (Lipinski definition) is 0. The van der Waals surface area contributed by atoms with Crippen molar-refractivity contribution in [1.82, 2.24) is 4.90 Å². The molecule has 3 aromatic rings. The van der Waals surface area contributed by atoms with Crippen LogP contribution >= 0.6 is 27.7 Å². The number of thioether (sulfide) groups is 1. The first kappa shape index (κ1) is 23.3. The van der Waals surface area contributed by atoms with Crippen LogP contribution in [0.2, 0.25) is 0 Å². The van der Waals surface area contributed by atoms with Gasteiger partial charge in [0.2, 0.25) is 0 Å². The Balaban J connectivity index is 1.60. The minimum Gasteiger partial charge on any atom is -0.378 e. The van der Waals surface area contributed by atoms with Gasteiger partial charge in [-0.3, -0.25) is 14.5 Å². The third-order valence-corrected chi connectivity index (χ3v) is 7.80. The van der Waals surface area contributed by atoms with E-state index in [1.54, 1.807) is 30.3 Å². The first-order valence-electron chi connectivity index (χ1n) is 9.83. The van der Waals surface area contributed by atoms with E-state index in [9.17, 15) is 18.0 Å². The lowest BCUT2D eigenvalue weighted by Crippen LogP contribution is -2.27. The maximum absolute atomic E-state index is 12.9. The normalized spacial score (nSPS) is 15.3. The van der Waals surface area contributed by atoms with E-state index >= 15 is 0 Å². The molecule has 0 N–H and O–H groups in total. The highest BCUT2D eigenvalue weighted by molar-refractivity contribution is 9.10. The molecule has 3 aromatic carbocycles. The Morgan fingerprint density at radius 1 is 0.970 bits per heavy atom. The number of aryl methyl sites for hydroxylation is 1. The molecular formula is C24H18BrNO5S2. The van der Waals surface area contributed by atoms with E-state index in [1.807, 2.05) is 31.2 Å². The summed E-state index contributed by atoms with van der Waals surface area (Å²) in [7, 11) is -4.07.